The highest BCUT2D eigenvalue weighted by Crippen LogP contribution is 2.45. The normalized spacial score (nSPS) is 22.9. The molecule has 1 saturated carbocycles. The van der Waals surface area contributed by atoms with Crippen molar-refractivity contribution in [3.8, 4) is 0 Å². The minimum atomic E-state index is -0.115. The zero-order chi connectivity index (χ0) is 17.4. The Kier molecular flexibility index (Phi) is 4.52. The van der Waals surface area contributed by atoms with Gasteiger partial charge in [-0.05, 0) is 44.2 Å². The molecule has 5 heteroatoms. The summed E-state index contributed by atoms with van der Waals surface area (Å²) in [5.74, 6) is 1.77. The van der Waals surface area contributed by atoms with E-state index in [2.05, 4.69) is 4.90 Å². The molecule has 1 aromatic carbocycles. The number of nitrogens with zero attached hydrogens (tertiary/aromatic N) is 2. The van der Waals surface area contributed by atoms with Gasteiger partial charge in [0.15, 0.2) is 0 Å². The van der Waals surface area contributed by atoms with E-state index in [-0.39, 0.29) is 16.7 Å². The van der Waals surface area contributed by atoms with E-state index in [1.54, 1.807) is 0 Å². The first-order valence-electron chi connectivity index (χ1n) is 9.41. The second-order valence-corrected chi connectivity index (χ2v) is 8.98. The third-order valence-electron chi connectivity index (χ3n) is 6.11. The van der Waals surface area contributed by atoms with Crippen molar-refractivity contribution < 1.29 is 9.59 Å². The number of amides is 2. The largest absolute Gasteiger partial charge is 0.342 e. The van der Waals surface area contributed by atoms with E-state index in [9.17, 15) is 9.59 Å². The van der Waals surface area contributed by atoms with Crippen LogP contribution in [0.3, 0.4) is 0 Å². The Bertz CT molecular complexity index is 678. The summed E-state index contributed by atoms with van der Waals surface area (Å²) < 4.78 is 0. The molecule has 0 radical (unpaired) electrons. The lowest BCUT2D eigenvalue weighted by atomic mass is 9.84. The topological polar surface area (TPSA) is 40.6 Å². The van der Waals surface area contributed by atoms with Crippen LogP contribution in [0.25, 0.3) is 0 Å². The van der Waals surface area contributed by atoms with Crippen LogP contribution in [-0.2, 0) is 4.79 Å². The maximum absolute atomic E-state index is 13.2. The standard InChI is InChI=1S/C20H26N2O2S/c1-15-5-2-3-8-17(15)19(24)22-13-14-25-20(22)9-11-21(12-10-20)18(23)16-6-4-7-16/h2-3,5,8,16H,4,6-7,9-14H2,1H3. The van der Waals surface area contributed by atoms with Gasteiger partial charge in [-0.1, -0.05) is 24.6 Å². The molecule has 0 aromatic heterocycles. The zero-order valence-corrected chi connectivity index (χ0v) is 15.7. The first-order valence-corrected chi connectivity index (χ1v) is 10.4. The average molecular weight is 359 g/mol. The van der Waals surface area contributed by atoms with Crippen LogP contribution in [0.4, 0.5) is 0 Å². The second kappa shape index (κ2) is 6.67. The molecule has 0 unspecified atom stereocenters. The smallest absolute Gasteiger partial charge is 0.255 e. The number of likely N-dealkylation sites (tertiary alicyclic amines) is 1. The summed E-state index contributed by atoms with van der Waals surface area (Å²) in [6.07, 6.45) is 5.12. The van der Waals surface area contributed by atoms with Crippen LogP contribution in [0.2, 0.25) is 0 Å². The number of carbonyl (C=O) groups is 2. The highest BCUT2D eigenvalue weighted by molar-refractivity contribution is 8.00. The molecule has 25 heavy (non-hydrogen) atoms. The molecule has 0 N–H and O–H groups in total. The summed E-state index contributed by atoms with van der Waals surface area (Å²) in [6, 6.07) is 7.85. The first-order chi connectivity index (χ1) is 12.1. The summed E-state index contributed by atoms with van der Waals surface area (Å²) in [4.78, 5) is 29.7. The number of hydrogen-bond donors (Lipinski definition) is 0. The lowest BCUT2D eigenvalue weighted by Gasteiger charge is -2.45. The number of thioether (sulfide) groups is 1. The van der Waals surface area contributed by atoms with Gasteiger partial charge >= 0.3 is 0 Å². The van der Waals surface area contributed by atoms with Gasteiger partial charge in [-0.3, -0.25) is 9.59 Å². The summed E-state index contributed by atoms with van der Waals surface area (Å²) in [5, 5.41) is 0. The molecule has 4 nitrogen and oxygen atoms in total. The van der Waals surface area contributed by atoms with Crippen LogP contribution < -0.4 is 0 Å². The third kappa shape index (κ3) is 2.97. The molecule has 3 aliphatic rings. The minimum Gasteiger partial charge on any atom is -0.342 e. The number of hydrogen-bond acceptors (Lipinski definition) is 3. The molecule has 2 amide bonds. The number of piperidine rings is 1. The van der Waals surface area contributed by atoms with E-state index in [0.29, 0.717) is 5.91 Å². The fraction of sp³-hybridized carbons (Fsp3) is 0.600. The molecule has 0 atom stereocenters. The fourth-order valence-corrected chi connectivity index (χ4v) is 5.71. The Labute approximate surface area is 153 Å². The van der Waals surface area contributed by atoms with Crippen LogP contribution >= 0.6 is 11.8 Å². The average Bonchev–Trinajstić information content (AvgIpc) is 2.97. The van der Waals surface area contributed by atoms with Gasteiger partial charge in [0.05, 0.1) is 4.87 Å². The van der Waals surface area contributed by atoms with Gasteiger partial charge in [0, 0.05) is 36.9 Å². The van der Waals surface area contributed by atoms with E-state index >= 15 is 0 Å². The van der Waals surface area contributed by atoms with E-state index < -0.39 is 0 Å². The Morgan fingerprint density at radius 2 is 1.84 bits per heavy atom. The van der Waals surface area contributed by atoms with E-state index in [1.807, 2.05) is 47.9 Å². The molecule has 2 heterocycles. The molecule has 1 spiro atoms. The Morgan fingerprint density at radius 1 is 1.12 bits per heavy atom. The number of benzene rings is 1. The molecule has 2 saturated heterocycles. The summed E-state index contributed by atoms with van der Waals surface area (Å²) in [6.45, 7) is 4.40. The molecule has 0 bridgehead atoms. The van der Waals surface area contributed by atoms with Crippen molar-refractivity contribution in [2.24, 2.45) is 5.92 Å². The van der Waals surface area contributed by atoms with Crippen molar-refractivity contribution in [1.29, 1.82) is 0 Å². The van der Waals surface area contributed by atoms with Gasteiger partial charge in [-0.15, -0.1) is 11.8 Å². The molecule has 1 aromatic rings. The molecule has 4 rings (SSSR count). The van der Waals surface area contributed by atoms with E-state index in [0.717, 1.165) is 62.2 Å². The minimum absolute atomic E-state index is 0.115. The molecule has 3 fully saturated rings. The maximum Gasteiger partial charge on any atom is 0.255 e. The second-order valence-electron chi connectivity index (χ2n) is 7.52. The Hall–Kier alpha value is -1.49. The Balaban J connectivity index is 1.47. The third-order valence-corrected chi connectivity index (χ3v) is 7.66. The fourth-order valence-electron chi connectivity index (χ4n) is 4.26. The SMILES string of the molecule is Cc1ccccc1C(=O)N1CCSC12CCN(C(=O)C1CCC1)CC2. The molecule has 134 valence electrons. The number of carbonyl (C=O) groups excluding carboxylic acids is 2. The quantitative estimate of drug-likeness (QED) is 0.814. The van der Waals surface area contributed by atoms with Crippen LogP contribution in [0.1, 0.15) is 48.0 Å². The van der Waals surface area contributed by atoms with Crippen molar-refractivity contribution in [1.82, 2.24) is 9.80 Å². The van der Waals surface area contributed by atoms with E-state index in [1.165, 1.54) is 6.42 Å². The van der Waals surface area contributed by atoms with Gasteiger partial charge in [0.25, 0.3) is 5.91 Å². The first kappa shape index (κ1) is 17.0. The predicted molar refractivity (Wildman–Crippen MR) is 101 cm³/mol. The Morgan fingerprint density at radius 3 is 2.48 bits per heavy atom. The molecular formula is C20H26N2O2S. The summed E-state index contributed by atoms with van der Waals surface area (Å²) in [5.41, 5.74) is 1.86. The highest BCUT2D eigenvalue weighted by Gasteiger charge is 2.47. The highest BCUT2D eigenvalue weighted by atomic mass is 32.2. The van der Waals surface area contributed by atoms with Gasteiger partial charge < -0.3 is 9.80 Å². The van der Waals surface area contributed by atoms with Crippen LogP contribution in [0.5, 0.6) is 0 Å². The van der Waals surface area contributed by atoms with Crippen molar-refractivity contribution in [3.05, 3.63) is 35.4 Å². The van der Waals surface area contributed by atoms with Crippen molar-refractivity contribution in [2.75, 3.05) is 25.4 Å². The van der Waals surface area contributed by atoms with Crippen molar-refractivity contribution in [2.45, 2.75) is 43.9 Å². The lowest BCUT2D eigenvalue weighted by molar-refractivity contribution is -0.139. The van der Waals surface area contributed by atoms with Crippen LogP contribution in [-0.4, -0.2) is 51.9 Å². The van der Waals surface area contributed by atoms with Crippen molar-refractivity contribution >= 4 is 23.6 Å². The number of aryl methyl sites for hydroxylation is 1. The molecule has 1 aliphatic carbocycles. The van der Waals surface area contributed by atoms with Crippen molar-refractivity contribution in [3.63, 3.8) is 0 Å². The summed E-state index contributed by atoms with van der Waals surface area (Å²) in [7, 11) is 0. The van der Waals surface area contributed by atoms with Gasteiger partial charge in [0.2, 0.25) is 5.91 Å². The van der Waals surface area contributed by atoms with Crippen LogP contribution in [0, 0.1) is 12.8 Å². The van der Waals surface area contributed by atoms with E-state index in [4.69, 9.17) is 0 Å². The lowest BCUT2D eigenvalue weighted by Crippen LogP contribution is -2.54. The maximum atomic E-state index is 13.2. The zero-order valence-electron chi connectivity index (χ0n) is 14.9. The van der Waals surface area contributed by atoms with Gasteiger partial charge in [-0.2, -0.15) is 0 Å². The monoisotopic (exact) mass is 358 g/mol. The number of rotatable bonds is 2. The molecular weight excluding hydrogens is 332 g/mol. The predicted octanol–water partition coefficient (Wildman–Crippen LogP) is 3.30. The molecule has 2 aliphatic heterocycles. The summed E-state index contributed by atoms with van der Waals surface area (Å²) >= 11 is 1.91. The van der Waals surface area contributed by atoms with Gasteiger partial charge in [-0.25, -0.2) is 0 Å². The van der Waals surface area contributed by atoms with Crippen LogP contribution in [0.15, 0.2) is 24.3 Å². The van der Waals surface area contributed by atoms with Gasteiger partial charge in [0.1, 0.15) is 0 Å².